The Kier molecular flexibility index (Phi) is 56.0. The van der Waals surface area contributed by atoms with E-state index in [4.69, 9.17) is 4.74 Å². The van der Waals surface area contributed by atoms with Crippen LogP contribution >= 0.6 is 0 Å². The fourth-order valence-corrected chi connectivity index (χ4v) is 9.25. The van der Waals surface area contributed by atoms with Crippen molar-refractivity contribution in [3.05, 3.63) is 36.5 Å². The van der Waals surface area contributed by atoms with Crippen molar-refractivity contribution in [3.63, 3.8) is 0 Å². The summed E-state index contributed by atoms with van der Waals surface area (Å²) in [5.74, 6) is -0.0655. The van der Waals surface area contributed by atoms with Crippen LogP contribution in [0, 0.1) is 0 Å². The SMILES string of the molecule is CCCCCC/C=C\C/C=C\CCCCCCCCCC(=O)OCCCCCCCCCCCCCCCCCCCCCCCC(=O)NC(CO)C(O)/C=C/CCCCCCCCCCCC. The first kappa shape index (κ1) is 66.1. The van der Waals surface area contributed by atoms with Crippen molar-refractivity contribution in [3.8, 4) is 0 Å². The monoisotopic (exact) mass is 956 g/mol. The highest BCUT2D eigenvalue weighted by atomic mass is 16.5. The molecule has 0 aromatic carbocycles. The Balaban J connectivity index is 3.39. The summed E-state index contributed by atoms with van der Waals surface area (Å²) < 4.78 is 5.49. The molecule has 6 nitrogen and oxygen atoms in total. The topological polar surface area (TPSA) is 95.9 Å². The molecule has 2 unspecified atom stereocenters. The Morgan fingerprint density at radius 1 is 0.412 bits per heavy atom. The molecule has 6 heteroatoms. The van der Waals surface area contributed by atoms with Gasteiger partial charge in [-0.1, -0.05) is 281 Å². The maximum atomic E-state index is 12.4. The second-order valence-electron chi connectivity index (χ2n) is 20.7. The lowest BCUT2D eigenvalue weighted by Gasteiger charge is -2.20. The lowest BCUT2D eigenvalue weighted by molar-refractivity contribution is -0.143. The van der Waals surface area contributed by atoms with Crippen molar-refractivity contribution in [1.29, 1.82) is 0 Å². The fraction of sp³-hybridized carbons (Fsp3) is 0.871. The maximum absolute atomic E-state index is 12.4. The molecule has 0 fully saturated rings. The molecule has 0 saturated heterocycles. The van der Waals surface area contributed by atoms with Crippen LogP contribution in [0.15, 0.2) is 36.5 Å². The first-order valence-corrected chi connectivity index (χ1v) is 30.3. The van der Waals surface area contributed by atoms with Gasteiger partial charge in [0, 0.05) is 12.8 Å². The van der Waals surface area contributed by atoms with Crippen molar-refractivity contribution in [2.24, 2.45) is 0 Å². The summed E-state index contributed by atoms with van der Waals surface area (Å²) in [6.07, 6.45) is 71.8. The number of ether oxygens (including phenoxy) is 1. The van der Waals surface area contributed by atoms with E-state index in [1.807, 2.05) is 6.08 Å². The number of unbranched alkanes of at least 4 members (excludes halogenated alkanes) is 41. The molecule has 0 aliphatic heterocycles. The summed E-state index contributed by atoms with van der Waals surface area (Å²) in [5.41, 5.74) is 0. The molecule has 0 rings (SSSR count). The highest BCUT2D eigenvalue weighted by molar-refractivity contribution is 5.76. The molecule has 0 saturated carbocycles. The van der Waals surface area contributed by atoms with Crippen LogP contribution in [0.1, 0.15) is 322 Å². The Hall–Kier alpha value is -1.92. The number of rotatable bonds is 56. The number of amides is 1. The van der Waals surface area contributed by atoms with Gasteiger partial charge in [-0.3, -0.25) is 9.59 Å². The van der Waals surface area contributed by atoms with E-state index in [0.717, 1.165) is 51.4 Å². The number of aliphatic hydroxyl groups is 2. The van der Waals surface area contributed by atoms with Gasteiger partial charge < -0.3 is 20.3 Å². The molecule has 0 radical (unpaired) electrons. The standard InChI is InChI=1S/C62H117NO5/c1-3-5-7-9-11-13-15-17-18-19-26-29-32-36-40-44-48-52-56-62(67)68-57-53-49-45-41-37-33-30-27-24-22-20-21-23-25-28-31-35-39-43-47-51-55-61(66)63-59(58-64)60(65)54-50-46-42-38-34-16-14-12-10-8-6-4-2/h13,15,18-19,50,54,59-60,64-65H,3-12,14,16-17,20-49,51-53,55-58H2,1-2H3,(H,63,66)/b15-13-,19-18-,54-50+. The van der Waals surface area contributed by atoms with Crippen molar-refractivity contribution in [2.45, 2.75) is 334 Å². The van der Waals surface area contributed by atoms with Crippen molar-refractivity contribution >= 4 is 11.9 Å². The second kappa shape index (κ2) is 57.7. The molecular formula is C62H117NO5. The summed E-state index contributed by atoms with van der Waals surface area (Å²) in [4.78, 5) is 24.5. The van der Waals surface area contributed by atoms with E-state index in [-0.39, 0.29) is 18.5 Å². The van der Waals surface area contributed by atoms with Crippen molar-refractivity contribution < 1.29 is 24.5 Å². The van der Waals surface area contributed by atoms with Gasteiger partial charge in [0.25, 0.3) is 0 Å². The van der Waals surface area contributed by atoms with Gasteiger partial charge in [0.1, 0.15) is 0 Å². The molecule has 0 aliphatic rings. The number of allylic oxidation sites excluding steroid dienone is 5. The predicted molar refractivity (Wildman–Crippen MR) is 296 cm³/mol. The Morgan fingerprint density at radius 2 is 0.735 bits per heavy atom. The summed E-state index contributed by atoms with van der Waals surface area (Å²) in [6.45, 7) is 4.88. The van der Waals surface area contributed by atoms with E-state index in [2.05, 4.69) is 43.5 Å². The largest absolute Gasteiger partial charge is 0.466 e. The van der Waals surface area contributed by atoms with Crippen LogP contribution in [-0.2, 0) is 14.3 Å². The van der Waals surface area contributed by atoms with Crippen LogP contribution in [0.4, 0.5) is 0 Å². The minimum absolute atomic E-state index is 0.00392. The Labute approximate surface area is 424 Å². The number of carbonyl (C=O) groups excluding carboxylic acids is 2. The van der Waals surface area contributed by atoms with Gasteiger partial charge in [-0.25, -0.2) is 0 Å². The zero-order valence-corrected chi connectivity index (χ0v) is 45.6. The summed E-state index contributed by atoms with van der Waals surface area (Å²) >= 11 is 0. The molecule has 3 N–H and O–H groups in total. The Morgan fingerprint density at radius 3 is 1.13 bits per heavy atom. The van der Waals surface area contributed by atoms with E-state index in [1.54, 1.807) is 6.08 Å². The molecule has 0 heterocycles. The van der Waals surface area contributed by atoms with Crippen molar-refractivity contribution in [1.82, 2.24) is 5.32 Å². The van der Waals surface area contributed by atoms with Gasteiger partial charge in [0.2, 0.25) is 5.91 Å². The quantitative estimate of drug-likeness (QED) is 0.0321. The average molecular weight is 957 g/mol. The first-order valence-electron chi connectivity index (χ1n) is 30.3. The third kappa shape index (κ3) is 53.4. The lowest BCUT2D eigenvalue weighted by Crippen LogP contribution is -2.45. The highest BCUT2D eigenvalue weighted by Crippen LogP contribution is 2.17. The van der Waals surface area contributed by atoms with Gasteiger partial charge in [0.05, 0.1) is 25.4 Å². The summed E-state index contributed by atoms with van der Waals surface area (Å²) in [5, 5.41) is 23.0. The van der Waals surface area contributed by atoms with E-state index in [0.29, 0.717) is 19.4 Å². The van der Waals surface area contributed by atoms with Crippen LogP contribution in [0.3, 0.4) is 0 Å². The molecule has 0 spiro atoms. The molecule has 68 heavy (non-hydrogen) atoms. The highest BCUT2D eigenvalue weighted by Gasteiger charge is 2.18. The van der Waals surface area contributed by atoms with Crippen LogP contribution in [-0.4, -0.2) is 47.4 Å². The molecular weight excluding hydrogens is 839 g/mol. The fourth-order valence-electron chi connectivity index (χ4n) is 9.25. The number of hydrogen-bond donors (Lipinski definition) is 3. The third-order valence-corrected chi connectivity index (χ3v) is 13.9. The minimum atomic E-state index is -0.844. The average Bonchev–Trinajstić information content (AvgIpc) is 3.34. The number of hydrogen-bond acceptors (Lipinski definition) is 5. The normalized spacial score (nSPS) is 12.8. The van der Waals surface area contributed by atoms with Gasteiger partial charge in [-0.05, 0) is 64.2 Å². The van der Waals surface area contributed by atoms with Crippen LogP contribution in [0.2, 0.25) is 0 Å². The zero-order valence-electron chi connectivity index (χ0n) is 45.6. The molecule has 0 aliphatic carbocycles. The van der Waals surface area contributed by atoms with Gasteiger partial charge >= 0.3 is 5.97 Å². The van der Waals surface area contributed by atoms with E-state index < -0.39 is 12.1 Å². The van der Waals surface area contributed by atoms with Gasteiger partial charge in [-0.2, -0.15) is 0 Å². The van der Waals surface area contributed by atoms with Crippen LogP contribution in [0.5, 0.6) is 0 Å². The lowest BCUT2D eigenvalue weighted by atomic mass is 10.0. The molecule has 400 valence electrons. The van der Waals surface area contributed by atoms with Gasteiger partial charge in [-0.15, -0.1) is 0 Å². The predicted octanol–water partition coefficient (Wildman–Crippen LogP) is 18.8. The zero-order chi connectivity index (χ0) is 49.3. The van der Waals surface area contributed by atoms with E-state index in [1.165, 1.54) is 244 Å². The molecule has 0 aromatic heterocycles. The van der Waals surface area contributed by atoms with Crippen LogP contribution < -0.4 is 5.32 Å². The summed E-state index contributed by atoms with van der Waals surface area (Å²) in [7, 11) is 0. The van der Waals surface area contributed by atoms with E-state index in [9.17, 15) is 19.8 Å². The number of esters is 1. The van der Waals surface area contributed by atoms with Gasteiger partial charge in [0.15, 0.2) is 0 Å². The first-order chi connectivity index (χ1) is 33.5. The Bertz CT molecular complexity index is 1100. The molecule has 0 bridgehead atoms. The number of carbonyl (C=O) groups is 2. The minimum Gasteiger partial charge on any atom is -0.466 e. The third-order valence-electron chi connectivity index (χ3n) is 13.9. The van der Waals surface area contributed by atoms with Crippen molar-refractivity contribution in [2.75, 3.05) is 13.2 Å². The molecule has 1 amide bonds. The smallest absolute Gasteiger partial charge is 0.305 e. The molecule has 0 aromatic rings. The van der Waals surface area contributed by atoms with Crippen LogP contribution in [0.25, 0.3) is 0 Å². The summed E-state index contributed by atoms with van der Waals surface area (Å²) in [6, 6.07) is -0.628. The molecule has 2 atom stereocenters. The maximum Gasteiger partial charge on any atom is 0.305 e. The number of nitrogens with one attached hydrogen (secondary N) is 1. The van der Waals surface area contributed by atoms with E-state index >= 15 is 0 Å². The second-order valence-corrected chi connectivity index (χ2v) is 20.7. The number of aliphatic hydroxyl groups excluding tert-OH is 2.